The molecule has 0 radical (unpaired) electrons. The van der Waals surface area contributed by atoms with Gasteiger partial charge in [-0.15, -0.1) is 0 Å². The van der Waals surface area contributed by atoms with Crippen molar-refractivity contribution in [1.29, 1.82) is 0 Å². The largest absolute Gasteiger partial charge is 0.420 e. The Balaban J connectivity index is 1.82. The van der Waals surface area contributed by atoms with Crippen LogP contribution in [0.3, 0.4) is 0 Å². The summed E-state index contributed by atoms with van der Waals surface area (Å²) in [5.41, 5.74) is 1.08. The first kappa shape index (κ1) is 12.7. The summed E-state index contributed by atoms with van der Waals surface area (Å²) < 4.78 is 6.41. The van der Waals surface area contributed by atoms with Crippen LogP contribution in [0, 0.1) is 0 Å². The second-order valence-electron chi connectivity index (χ2n) is 4.84. The van der Waals surface area contributed by atoms with Gasteiger partial charge in [-0.2, -0.15) is 0 Å². The minimum atomic E-state index is -0.535. The topological polar surface area (TPSA) is 72.5 Å². The van der Waals surface area contributed by atoms with Crippen LogP contribution in [0.5, 0.6) is 0 Å². The minimum Gasteiger partial charge on any atom is -0.408 e. The molecule has 0 bridgehead atoms. The maximum absolute atomic E-state index is 12.2. The van der Waals surface area contributed by atoms with Crippen LogP contribution in [-0.4, -0.2) is 34.2 Å². The number of hydrogen-bond acceptors (Lipinski definition) is 4. The molecule has 1 aliphatic heterocycles. The number of ketones is 1. The second-order valence-corrected chi connectivity index (χ2v) is 4.84. The minimum absolute atomic E-state index is 0.0516. The molecule has 6 heteroatoms. The average molecular weight is 274 g/mol. The van der Waals surface area contributed by atoms with Crippen molar-refractivity contribution in [3.8, 4) is 0 Å². The lowest BCUT2D eigenvalue weighted by atomic mass is 10.1. The van der Waals surface area contributed by atoms with Crippen LogP contribution in [-0.2, 0) is 16.1 Å². The molecule has 0 spiro atoms. The lowest BCUT2D eigenvalue weighted by Gasteiger charge is -2.26. The monoisotopic (exact) mass is 274 g/mol. The van der Waals surface area contributed by atoms with Crippen LogP contribution < -0.4 is 5.76 Å². The van der Waals surface area contributed by atoms with E-state index in [-0.39, 0.29) is 18.2 Å². The highest BCUT2D eigenvalue weighted by Gasteiger charge is 2.22. The number of piperidine rings is 1. The van der Waals surface area contributed by atoms with Crippen molar-refractivity contribution in [3.05, 3.63) is 34.8 Å². The Bertz CT molecular complexity index is 718. The van der Waals surface area contributed by atoms with Gasteiger partial charge in [-0.1, -0.05) is 12.1 Å². The van der Waals surface area contributed by atoms with Crippen molar-refractivity contribution in [1.82, 2.24) is 9.47 Å². The number of benzene rings is 1. The number of aromatic nitrogens is 1. The Kier molecular flexibility index (Phi) is 3.14. The summed E-state index contributed by atoms with van der Waals surface area (Å²) >= 11 is 0. The number of nitrogens with zero attached hydrogens (tertiary/aromatic N) is 2. The van der Waals surface area contributed by atoms with Crippen LogP contribution in [0.2, 0.25) is 0 Å². The maximum Gasteiger partial charge on any atom is 0.420 e. The highest BCUT2D eigenvalue weighted by atomic mass is 16.4. The van der Waals surface area contributed by atoms with Crippen LogP contribution >= 0.6 is 0 Å². The first-order chi connectivity index (χ1) is 9.65. The molecule has 0 unspecified atom stereocenters. The van der Waals surface area contributed by atoms with Crippen molar-refractivity contribution in [3.63, 3.8) is 0 Å². The van der Waals surface area contributed by atoms with Crippen LogP contribution in [0.25, 0.3) is 11.1 Å². The molecule has 0 N–H and O–H groups in total. The summed E-state index contributed by atoms with van der Waals surface area (Å²) in [6, 6.07) is 7.00. The molecule has 1 saturated heterocycles. The van der Waals surface area contributed by atoms with Crippen LogP contribution in [0.15, 0.2) is 33.5 Å². The Morgan fingerprint density at radius 3 is 2.60 bits per heavy atom. The van der Waals surface area contributed by atoms with Gasteiger partial charge in [0.05, 0.1) is 5.52 Å². The molecule has 1 fully saturated rings. The number of fused-ring (bicyclic) bond motifs is 1. The van der Waals surface area contributed by atoms with E-state index in [1.165, 1.54) is 4.57 Å². The zero-order valence-electron chi connectivity index (χ0n) is 10.9. The molecule has 1 aromatic heterocycles. The molecule has 2 aromatic rings. The van der Waals surface area contributed by atoms with E-state index in [4.69, 9.17) is 4.42 Å². The first-order valence-corrected chi connectivity index (χ1v) is 6.53. The van der Waals surface area contributed by atoms with E-state index >= 15 is 0 Å². The number of oxazole rings is 1. The number of para-hydroxylation sites is 2. The van der Waals surface area contributed by atoms with Gasteiger partial charge in [0.15, 0.2) is 5.58 Å². The van der Waals surface area contributed by atoms with Crippen molar-refractivity contribution in [2.24, 2.45) is 0 Å². The maximum atomic E-state index is 12.2. The summed E-state index contributed by atoms with van der Waals surface area (Å²) in [5, 5.41) is 0. The number of likely N-dealkylation sites (tertiary alicyclic amines) is 1. The fraction of sp³-hybridized carbons (Fsp3) is 0.357. The summed E-state index contributed by atoms with van der Waals surface area (Å²) in [6.45, 7) is 0.814. The quantitative estimate of drug-likeness (QED) is 0.811. The number of amides is 1. The Morgan fingerprint density at radius 2 is 1.85 bits per heavy atom. The lowest BCUT2D eigenvalue weighted by Crippen LogP contribution is -2.41. The predicted molar refractivity (Wildman–Crippen MR) is 71.3 cm³/mol. The molecule has 0 atom stereocenters. The Hall–Kier alpha value is -2.37. The van der Waals surface area contributed by atoms with Gasteiger partial charge in [-0.3, -0.25) is 14.2 Å². The van der Waals surface area contributed by atoms with Crippen molar-refractivity contribution in [2.75, 3.05) is 13.1 Å². The van der Waals surface area contributed by atoms with Gasteiger partial charge >= 0.3 is 5.76 Å². The average Bonchev–Trinajstić information content (AvgIpc) is 2.76. The number of carbonyl (C=O) groups is 2. The fourth-order valence-corrected chi connectivity index (χ4v) is 2.40. The van der Waals surface area contributed by atoms with Crippen LogP contribution in [0.4, 0.5) is 0 Å². The number of Topliss-reactive ketones (excluding diaryl/α,β-unsaturated/α-hetero) is 1. The molecule has 1 amide bonds. The molecule has 6 nitrogen and oxygen atoms in total. The van der Waals surface area contributed by atoms with Gasteiger partial charge in [0.25, 0.3) is 0 Å². The standard InChI is InChI=1S/C14H14N2O4/c17-10-5-7-15(8-6-10)13(18)9-16-11-3-1-2-4-12(11)20-14(16)19/h1-4H,5-9H2. The SMILES string of the molecule is O=C1CCN(C(=O)Cn2c(=O)oc3ccccc32)CC1. The summed E-state index contributed by atoms with van der Waals surface area (Å²) in [4.78, 5) is 36.8. The molecule has 3 rings (SSSR count). The summed E-state index contributed by atoms with van der Waals surface area (Å²) in [7, 11) is 0. The van der Waals surface area contributed by atoms with E-state index in [9.17, 15) is 14.4 Å². The molecule has 0 saturated carbocycles. The van der Waals surface area contributed by atoms with Gasteiger partial charge in [-0.25, -0.2) is 4.79 Å². The van der Waals surface area contributed by atoms with Crippen LogP contribution in [0.1, 0.15) is 12.8 Å². The van der Waals surface area contributed by atoms with Crippen molar-refractivity contribution < 1.29 is 14.0 Å². The molecule has 0 aliphatic carbocycles. The zero-order chi connectivity index (χ0) is 14.1. The van der Waals surface area contributed by atoms with E-state index in [2.05, 4.69) is 0 Å². The van der Waals surface area contributed by atoms with E-state index < -0.39 is 5.76 Å². The van der Waals surface area contributed by atoms with E-state index in [1.807, 2.05) is 0 Å². The molecule has 1 aromatic carbocycles. The lowest BCUT2D eigenvalue weighted by molar-refractivity contribution is -0.135. The molecular weight excluding hydrogens is 260 g/mol. The predicted octanol–water partition coefficient (Wildman–Crippen LogP) is 0.786. The number of rotatable bonds is 2. The highest BCUT2D eigenvalue weighted by Crippen LogP contribution is 2.13. The molecule has 1 aliphatic rings. The summed E-state index contributed by atoms with van der Waals surface area (Å²) in [5.74, 6) is -0.515. The van der Waals surface area contributed by atoms with E-state index in [0.29, 0.717) is 37.0 Å². The third-order valence-electron chi connectivity index (χ3n) is 3.54. The number of hydrogen-bond donors (Lipinski definition) is 0. The summed E-state index contributed by atoms with van der Waals surface area (Å²) in [6.07, 6.45) is 0.791. The molecular formula is C14H14N2O4. The van der Waals surface area contributed by atoms with Gasteiger partial charge in [-0.05, 0) is 12.1 Å². The molecule has 104 valence electrons. The Labute approximate surface area is 114 Å². The third-order valence-corrected chi connectivity index (χ3v) is 3.54. The Morgan fingerprint density at radius 1 is 1.15 bits per heavy atom. The smallest absolute Gasteiger partial charge is 0.408 e. The van der Waals surface area contributed by atoms with Crippen molar-refractivity contribution >= 4 is 22.8 Å². The van der Waals surface area contributed by atoms with Gasteiger partial charge in [0, 0.05) is 25.9 Å². The number of carbonyl (C=O) groups excluding carboxylic acids is 2. The normalized spacial score (nSPS) is 15.8. The first-order valence-electron chi connectivity index (χ1n) is 6.53. The molecule has 2 heterocycles. The van der Waals surface area contributed by atoms with Crippen molar-refractivity contribution in [2.45, 2.75) is 19.4 Å². The second kappa shape index (κ2) is 4.96. The molecule has 20 heavy (non-hydrogen) atoms. The fourth-order valence-electron chi connectivity index (χ4n) is 2.40. The van der Waals surface area contributed by atoms with Gasteiger partial charge < -0.3 is 9.32 Å². The third kappa shape index (κ3) is 2.24. The van der Waals surface area contributed by atoms with E-state index in [0.717, 1.165) is 0 Å². The highest BCUT2D eigenvalue weighted by molar-refractivity contribution is 5.84. The van der Waals surface area contributed by atoms with E-state index in [1.54, 1.807) is 29.2 Å². The van der Waals surface area contributed by atoms with Gasteiger partial charge in [0.2, 0.25) is 5.91 Å². The van der Waals surface area contributed by atoms with Gasteiger partial charge in [0.1, 0.15) is 12.3 Å². The zero-order valence-corrected chi connectivity index (χ0v) is 10.9.